The molecule has 1 aliphatic rings. The molecule has 174 valence electrons. The van der Waals surface area contributed by atoms with Gasteiger partial charge in [0, 0.05) is 33.3 Å². The van der Waals surface area contributed by atoms with E-state index in [1.165, 1.54) is 51.3 Å². The van der Waals surface area contributed by atoms with E-state index in [4.69, 9.17) is 5.11 Å². The van der Waals surface area contributed by atoms with Crippen molar-refractivity contribution in [3.63, 3.8) is 0 Å². The molecule has 2 aromatic carbocycles. The Morgan fingerprint density at radius 1 is 1.22 bits per heavy atom. The molecule has 1 unspecified atom stereocenters. The second kappa shape index (κ2) is 11.7. The first-order chi connectivity index (χ1) is 15.4. The van der Waals surface area contributed by atoms with E-state index < -0.39 is 5.97 Å². The second-order valence-corrected chi connectivity index (χ2v) is 11.2. The highest BCUT2D eigenvalue weighted by atomic mass is 32.2. The van der Waals surface area contributed by atoms with Gasteiger partial charge in [-0.2, -0.15) is 0 Å². The topological polar surface area (TPSA) is 43.8 Å². The zero-order valence-electron chi connectivity index (χ0n) is 19.5. The number of anilines is 2. The van der Waals surface area contributed by atoms with E-state index in [2.05, 4.69) is 78.8 Å². The number of nitrogens with zero attached hydrogens (tertiary/aromatic N) is 2. The molecule has 2 aromatic rings. The SMILES string of the molecule is CCCCC1(CC)CN(c2ccccc2)c2cc(SC)c(CSCC(=O)O)cc2SN1C. The van der Waals surface area contributed by atoms with E-state index in [-0.39, 0.29) is 11.3 Å². The number of likely N-dealkylation sites (N-methyl/N-ethyl adjacent to an activating group) is 1. The molecule has 32 heavy (non-hydrogen) atoms. The van der Waals surface area contributed by atoms with Crippen LogP contribution in [0.1, 0.15) is 45.1 Å². The van der Waals surface area contributed by atoms with Gasteiger partial charge in [-0.3, -0.25) is 4.79 Å². The summed E-state index contributed by atoms with van der Waals surface area (Å²) >= 11 is 5.05. The summed E-state index contributed by atoms with van der Waals surface area (Å²) in [5, 5.41) is 9.05. The Bertz CT molecular complexity index is 910. The quantitative estimate of drug-likeness (QED) is 0.280. The average molecular weight is 491 g/mol. The van der Waals surface area contributed by atoms with Gasteiger partial charge < -0.3 is 10.0 Å². The van der Waals surface area contributed by atoms with Crippen LogP contribution in [0.4, 0.5) is 11.4 Å². The number of benzene rings is 2. The van der Waals surface area contributed by atoms with Crippen molar-refractivity contribution in [2.24, 2.45) is 0 Å². The fraction of sp³-hybridized carbons (Fsp3) is 0.480. The molecule has 0 amide bonds. The smallest absolute Gasteiger partial charge is 0.313 e. The van der Waals surface area contributed by atoms with Crippen molar-refractivity contribution in [3.05, 3.63) is 48.0 Å². The highest BCUT2D eigenvalue weighted by Gasteiger charge is 2.39. The molecule has 4 nitrogen and oxygen atoms in total. The summed E-state index contributed by atoms with van der Waals surface area (Å²) in [5.41, 5.74) is 3.76. The molecule has 3 rings (SSSR count). The number of unbranched alkanes of at least 4 members (excludes halogenated alkanes) is 1. The first-order valence-electron chi connectivity index (χ1n) is 11.2. The molecule has 0 radical (unpaired) electrons. The van der Waals surface area contributed by atoms with Crippen LogP contribution in [-0.2, 0) is 10.5 Å². The maximum Gasteiger partial charge on any atom is 0.313 e. The molecule has 0 aliphatic carbocycles. The highest BCUT2D eigenvalue weighted by Crippen LogP contribution is 2.48. The molecule has 0 saturated carbocycles. The summed E-state index contributed by atoms with van der Waals surface area (Å²) in [6.45, 7) is 5.53. The largest absolute Gasteiger partial charge is 0.481 e. The van der Waals surface area contributed by atoms with Crippen molar-refractivity contribution in [2.45, 2.75) is 60.6 Å². The van der Waals surface area contributed by atoms with Crippen molar-refractivity contribution >= 4 is 52.8 Å². The summed E-state index contributed by atoms with van der Waals surface area (Å²) < 4.78 is 2.48. The molecule has 0 spiro atoms. The number of hydrogen-bond acceptors (Lipinski definition) is 6. The van der Waals surface area contributed by atoms with Gasteiger partial charge in [-0.05, 0) is 67.9 Å². The monoisotopic (exact) mass is 490 g/mol. The number of carboxylic acid groups (broad SMARTS) is 1. The minimum atomic E-state index is -0.761. The molecule has 1 N–H and O–H groups in total. The normalized spacial score (nSPS) is 18.9. The first-order valence-corrected chi connectivity index (χ1v) is 14.3. The number of carbonyl (C=O) groups is 1. The molecule has 0 aromatic heterocycles. The predicted octanol–water partition coefficient (Wildman–Crippen LogP) is 7.16. The third-order valence-corrected chi connectivity index (χ3v) is 9.18. The third-order valence-electron chi connectivity index (χ3n) is 6.21. The Labute approximate surface area is 205 Å². The van der Waals surface area contributed by atoms with Gasteiger partial charge in [0.25, 0.3) is 0 Å². The van der Waals surface area contributed by atoms with Gasteiger partial charge in [0.15, 0.2) is 0 Å². The number of fused-ring (bicyclic) bond motifs is 1. The van der Waals surface area contributed by atoms with Crippen molar-refractivity contribution < 1.29 is 9.90 Å². The van der Waals surface area contributed by atoms with E-state index in [1.54, 1.807) is 11.8 Å². The van der Waals surface area contributed by atoms with Gasteiger partial charge in [-0.1, -0.05) is 44.9 Å². The summed E-state index contributed by atoms with van der Waals surface area (Å²) in [6.07, 6.45) is 6.76. The van der Waals surface area contributed by atoms with Crippen LogP contribution >= 0.6 is 35.5 Å². The Kier molecular flexibility index (Phi) is 9.29. The second-order valence-electron chi connectivity index (χ2n) is 8.21. The van der Waals surface area contributed by atoms with Crippen molar-refractivity contribution in [3.8, 4) is 0 Å². The Morgan fingerprint density at radius 3 is 2.59 bits per heavy atom. The maximum atomic E-state index is 11.0. The molecule has 1 atom stereocenters. The maximum absolute atomic E-state index is 11.0. The highest BCUT2D eigenvalue weighted by molar-refractivity contribution is 7.99. The van der Waals surface area contributed by atoms with Crippen molar-refractivity contribution in [1.82, 2.24) is 4.31 Å². The van der Waals surface area contributed by atoms with Gasteiger partial charge in [0.2, 0.25) is 0 Å². The number of thioether (sulfide) groups is 2. The summed E-state index contributed by atoms with van der Waals surface area (Å²) in [7, 11) is 2.24. The van der Waals surface area contributed by atoms with Crippen LogP contribution in [0.5, 0.6) is 0 Å². The van der Waals surface area contributed by atoms with E-state index in [0.29, 0.717) is 5.75 Å². The lowest BCUT2D eigenvalue weighted by Crippen LogP contribution is -2.49. The molecular formula is C25H34N2O2S3. The summed E-state index contributed by atoms with van der Waals surface area (Å²) in [4.78, 5) is 16.0. The Morgan fingerprint density at radius 2 is 1.97 bits per heavy atom. The van der Waals surface area contributed by atoms with Crippen LogP contribution in [-0.4, -0.2) is 46.5 Å². The third kappa shape index (κ3) is 5.79. The molecule has 7 heteroatoms. The van der Waals surface area contributed by atoms with E-state index in [1.807, 2.05) is 11.9 Å². The minimum Gasteiger partial charge on any atom is -0.481 e. The van der Waals surface area contributed by atoms with Crippen LogP contribution in [0.2, 0.25) is 0 Å². The van der Waals surface area contributed by atoms with Crippen LogP contribution in [0.3, 0.4) is 0 Å². The van der Waals surface area contributed by atoms with E-state index in [9.17, 15) is 4.79 Å². The van der Waals surface area contributed by atoms with E-state index in [0.717, 1.165) is 19.4 Å². The lowest BCUT2D eigenvalue weighted by atomic mass is 9.88. The molecule has 0 saturated heterocycles. The summed E-state index contributed by atoms with van der Waals surface area (Å²) in [6, 6.07) is 15.3. The minimum absolute atomic E-state index is 0.0767. The number of para-hydroxylation sites is 1. The fourth-order valence-electron chi connectivity index (χ4n) is 4.24. The van der Waals surface area contributed by atoms with Gasteiger partial charge in [-0.15, -0.1) is 23.5 Å². The van der Waals surface area contributed by atoms with Crippen LogP contribution in [0.25, 0.3) is 0 Å². The zero-order valence-corrected chi connectivity index (χ0v) is 21.9. The number of carboxylic acids is 1. The molecule has 1 aliphatic heterocycles. The number of rotatable bonds is 10. The summed E-state index contributed by atoms with van der Waals surface area (Å²) in [5.74, 6) is 0.0768. The molecular weight excluding hydrogens is 456 g/mol. The lowest BCUT2D eigenvalue weighted by Gasteiger charge is -2.42. The number of aliphatic carboxylic acids is 1. The Balaban J connectivity index is 2.08. The standard InChI is InChI=1S/C25H34N2O2S3/c1-5-7-13-25(6-2)18-27(20-11-9-8-10-12-20)21-15-22(30-4)19(16-31-17-24(28)29)14-23(21)32-26(25)3/h8-12,14-15H,5-7,13,16-18H2,1-4H3,(H,28,29). The van der Waals surface area contributed by atoms with Crippen LogP contribution in [0.15, 0.2) is 52.3 Å². The van der Waals surface area contributed by atoms with E-state index >= 15 is 0 Å². The number of hydrogen-bond donors (Lipinski definition) is 1. The van der Waals surface area contributed by atoms with Gasteiger partial charge in [0.1, 0.15) is 0 Å². The lowest BCUT2D eigenvalue weighted by molar-refractivity contribution is -0.133. The van der Waals surface area contributed by atoms with Crippen molar-refractivity contribution in [2.75, 3.05) is 30.5 Å². The molecule has 1 heterocycles. The molecule has 0 bridgehead atoms. The predicted molar refractivity (Wildman–Crippen MR) is 142 cm³/mol. The molecule has 0 fully saturated rings. The van der Waals surface area contributed by atoms with Gasteiger partial charge in [0.05, 0.1) is 11.4 Å². The average Bonchev–Trinajstić information content (AvgIpc) is 2.91. The van der Waals surface area contributed by atoms with Gasteiger partial charge in [-0.25, -0.2) is 4.31 Å². The fourth-order valence-corrected chi connectivity index (χ4v) is 6.92. The Hall–Kier alpha value is -1.28. The first kappa shape index (κ1) is 25.3. The van der Waals surface area contributed by atoms with Crippen LogP contribution in [0, 0.1) is 0 Å². The zero-order chi connectivity index (χ0) is 23.1. The van der Waals surface area contributed by atoms with Crippen LogP contribution < -0.4 is 4.90 Å². The van der Waals surface area contributed by atoms with Gasteiger partial charge >= 0.3 is 5.97 Å². The van der Waals surface area contributed by atoms with Crippen molar-refractivity contribution in [1.29, 1.82) is 0 Å².